The van der Waals surface area contributed by atoms with Crippen molar-refractivity contribution in [1.29, 1.82) is 0 Å². The molecule has 1 heterocycles. The Morgan fingerprint density at radius 3 is 2.94 bits per heavy atom. The Bertz CT molecular complexity index is 542. The Labute approximate surface area is 102 Å². The molecule has 3 N–H and O–H groups in total. The zero-order valence-corrected chi connectivity index (χ0v) is 9.39. The summed E-state index contributed by atoms with van der Waals surface area (Å²) in [4.78, 5) is 14.8. The van der Waals surface area contributed by atoms with Crippen molar-refractivity contribution in [3.05, 3.63) is 47.4 Å². The van der Waals surface area contributed by atoms with Crippen LogP contribution in [0.25, 0.3) is 0 Å². The molecular weight excluding hydrogens is 239 g/mol. The van der Waals surface area contributed by atoms with E-state index in [1.807, 2.05) is 0 Å². The molecule has 0 bridgehead atoms. The predicted molar refractivity (Wildman–Crippen MR) is 59.8 cm³/mol. The molecule has 0 fully saturated rings. The van der Waals surface area contributed by atoms with E-state index in [4.69, 9.17) is 5.73 Å². The number of nitrogens with one attached hydrogen (secondary N) is 1. The van der Waals surface area contributed by atoms with Crippen LogP contribution in [0.15, 0.2) is 29.1 Å². The average Bonchev–Trinajstić information content (AvgIpc) is 2.84. The van der Waals surface area contributed by atoms with Crippen LogP contribution >= 0.6 is 0 Å². The van der Waals surface area contributed by atoms with Gasteiger partial charge in [0.25, 0.3) is 0 Å². The lowest BCUT2D eigenvalue weighted by atomic mass is 10.1. The van der Waals surface area contributed by atoms with Crippen LogP contribution in [0, 0.1) is 5.82 Å². The third kappa shape index (κ3) is 2.89. The summed E-state index contributed by atoms with van der Waals surface area (Å²) >= 11 is 0. The van der Waals surface area contributed by atoms with E-state index in [1.54, 1.807) is 0 Å². The molecule has 0 saturated carbocycles. The first kappa shape index (κ1) is 12.2. The second kappa shape index (κ2) is 5.37. The largest absolute Gasteiger partial charge is 0.366 e. The van der Waals surface area contributed by atoms with Crippen molar-refractivity contribution < 1.29 is 13.7 Å². The zero-order valence-electron chi connectivity index (χ0n) is 9.39. The molecule has 0 spiro atoms. The Balaban J connectivity index is 2.00. The number of halogens is 1. The highest BCUT2D eigenvalue weighted by Gasteiger charge is 2.07. The molecule has 6 nitrogen and oxygen atoms in total. The standard InChI is InChI=1S/C11H11FN4O2/c12-9-2-1-7(11(13)17)3-8(9)4-14-5-10-15-6-18-16-10/h1-3,6,14H,4-5H2,(H2,13,17). The molecular formula is C11H11FN4O2. The summed E-state index contributed by atoms with van der Waals surface area (Å²) in [5.41, 5.74) is 5.75. The highest BCUT2D eigenvalue weighted by Crippen LogP contribution is 2.10. The van der Waals surface area contributed by atoms with E-state index >= 15 is 0 Å². The van der Waals surface area contributed by atoms with Crippen LogP contribution in [0.3, 0.4) is 0 Å². The number of hydrogen-bond acceptors (Lipinski definition) is 5. The Morgan fingerprint density at radius 2 is 2.28 bits per heavy atom. The molecule has 1 amide bonds. The van der Waals surface area contributed by atoms with Gasteiger partial charge < -0.3 is 15.6 Å². The number of carbonyl (C=O) groups excluding carboxylic acids is 1. The number of nitrogens with zero attached hydrogens (tertiary/aromatic N) is 2. The lowest BCUT2D eigenvalue weighted by Gasteiger charge is -2.05. The number of aromatic nitrogens is 2. The molecule has 2 aromatic rings. The number of carbonyl (C=O) groups is 1. The molecule has 0 aliphatic rings. The highest BCUT2D eigenvalue weighted by molar-refractivity contribution is 5.92. The minimum Gasteiger partial charge on any atom is -0.366 e. The van der Waals surface area contributed by atoms with Crippen molar-refractivity contribution in [1.82, 2.24) is 15.5 Å². The summed E-state index contributed by atoms with van der Waals surface area (Å²) in [6.45, 7) is 0.582. The molecule has 0 aliphatic heterocycles. The van der Waals surface area contributed by atoms with Gasteiger partial charge in [0.1, 0.15) is 5.82 Å². The van der Waals surface area contributed by atoms with Crippen LogP contribution in [-0.2, 0) is 13.1 Å². The first-order chi connectivity index (χ1) is 8.66. The molecule has 0 aliphatic carbocycles. The lowest BCUT2D eigenvalue weighted by molar-refractivity contribution is 0.1000. The summed E-state index contributed by atoms with van der Waals surface area (Å²) in [5.74, 6) is -0.517. The molecule has 0 unspecified atom stereocenters. The molecule has 0 saturated heterocycles. The molecule has 94 valence electrons. The second-order valence-electron chi connectivity index (χ2n) is 3.62. The fraction of sp³-hybridized carbons (Fsp3) is 0.182. The molecule has 1 aromatic heterocycles. The molecule has 18 heavy (non-hydrogen) atoms. The normalized spacial score (nSPS) is 10.5. The van der Waals surface area contributed by atoms with E-state index in [1.165, 1.54) is 24.6 Å². The maximum absolute atomic E-state index is 13.5. The van der Waals surface area contributed by atoms with E-state index in [-0.39, 0.29) is 12.1 Å². The Morgan fingerprint density at radius 1 is 1.44 bits per heavy atom. The minimum absolute atomic E-state index is 0.238. The van der Waals surface area contributed by atoms with E-state index < -0.39 is 11.7 Å². The second-order valence-corrected chi connectivity index (χ2v) is 3.62. The summed E-state index contributed by atoms with van der Waals surface area (Å²) in [6.07, 6.45) is 1.21. The average molecular weight is 250 g/mol. The van der Waals surface area contributed by atoms with Gasteiger partial charge in [-0.1, -0.05) is 5.16 Å². The first-order valence-corrected chi connectivity index (χ1v) is 5.21. The molecule has 2 rings (SSSR count). The highest BCUT2D eigenvalue weighted by atomic mass is 19.1. The van der Waals surface area contributed by atoms with Crippen molar-refractivity contribution in [2.24, 2.45) is 5.73 Å². The quantitative estimate of drug-likeness (QED) is 0.810. The monoisotopic (exact) mass is 250 g/mol. The van der Waals surface area contributed by atoms with Crippen LogP contribution in [-0.4, -0.2) is 16.0 Å². The van der Waals surface area contributed by atoms with Crippen LogP contribution in [0.5, 0.6) is 0 Å². The number of primary amides is 1. The van der Waals surface area contributed by atoms with E-state index in [0.717, 1.165) is 0 Å². The van der Waals surface area contributed by atoms with Gasteiger partial charge in [-0.2, -0.15) is 4.98 Å². The fourth-order valence-corrected chi connectivity index (χ4v) is 1.44. The van der Waals surface area contributed by atoms with Crippen molar-refractivity contribution in [3.63, 3.8) is 0 Å². The number of rotatable bonds is 5. The Kier molecular flexibility index (Phi) is 3.63. The van der Waals surface area contributed by atoms with Crippen molar-refractivity contribution in [2.45, 2.75) is 13.1 Å². The lowest BCUT2D eigenvalue weighted by Crippen LogP contribution is -2.16. The van der Waals surface area contributed by atoms with Gasteiger partial charge in [-0.15, -0.1) is 0 Å². The smallest absolute Gasteiger partial charge is 0.248 e. The first-order valence-electron chi connectivity index (χ1n) is 5.21. The van der Waals surface area contributed by atoms with Crippen LogP contribution in [0.1, 0.15) is 21.7 Å². The summed E-state index contributed by atoms with van der Waals surface area (Å²) in [5, 5.41) is 6.53. The van der Waals surface area contributed by atoms with Gasteiger partial charge in [-0.25, -0.2) is 4.39 Å². The van der Waals surface area contributed by atoms with Gasteiger partial charge in [0, 0.05) is 17.7 Å². The summed E-state index contributed by atoms with van der Waals surface area (Å²) < 4.78 is 18.0. The SMILES string of the molecule is NC(=O)c1ccc(F)c(CNCc2ncon2)c1. The number of benzene rings is 1. The van der Waals surface area contributed by atoms with Gasteiger partial charge in [0.15, 0.2) is 5.82 Å². The molecule has 0 radical (unpaired) electrons. The number of hydrogen-bond donors (Lipinski definition) is 2. The van der Waals surface area contributed by atoms with Crippen LogP contribution < -0.4 is 11.1 Å². The van der Waals surface area contributed by atoms with Crippen molar-refractivity contribution in [3.8, 4) is 0 Å². The van der Waals surface area contributed by atoms with Gasteiger partial charge in [0.2, 0.25) is 12.3 Å². The third-order valence-corrected chi connectivity index (χ3v) is 2.34. The number of nitrogens with two attached hydrogens (primary N) is 1. The van der Waals surface area contributed by atoms with Crippen LogP contribution in [0.2, 0.25) is 0 Å². The van der Waals surface area contributed by atoms with Gasteiger partial charge >= 0.3 is 0 Å². The number of amides is 1. The van der Waals surface area contributed by atoms with Gasteiger partial charge in [0.05, 0.1) is 6.54 Å². The maximum atomic E-state index is 13.5. The maximum Gasteiger partial charge on any atom is 0.248 e. The topological polar surface area (TPSA) is 94.0 Å². The van der Waals surface area contributed by atoms with Crippen LogP contribution in [0.4, 0.5) is 4.39 Å². The zero-order chi connectivity index (χ0) is 13.0. The van der Waals surface area contributed by atoms with E-state index in [9.17, 15) is 9.18 Å². The van der Waals surface area contributed by atoms with Gasteiger partial charge in [-0.3, -0.25) is 4.79 Å². The summed E-state index contributed by atoms with van der Waals surface area (Å²) in [7, 11) is 0. The molecule has 7 heteroatoms. The van der Waals surface area contributed by atoms with E-state index in [2.05, 4.69) is 20.0 Å². The minimum atomic E-state index is -0.589. The predicted octanol–water partition coefficient (Wildman–Crippen LogP) is 0.597. The fourth-order valence-electron chi connectivity index (χ4n) is 1.44. The summed E-state index contributed by atoms with van der Waals surface area (Å²) in [6, 6.07) is 3.98. The molecule has 1 aromatic carbocycles. The Hall–Kier alpha value is -2.28. The van der Waals surface area contributed by atoms with Crippen molar-refractivity contribution in [2.75, 3.05) is 0 Å². The third-order valence-electron chi connectivity index (χ3n) is 2.34. The van der Waals surface area contributed by atoms with Crippen molar-refractivity contribution >= 4 is 5.91 Å². The molecule has 0 atom stereocenters. The van der Waals surface area contributed by atoms with Gasteiger partial charge in [-0.05, 0) is 18.2 Å². The van der Waals surface area contributed by atoms with E-state index in [0.29, 0.717) is 17.9 Å².